The first-order chi connectivity index (χ1) is 13.5. The molecule has 3 aromatic rings. The first-order valence-electron chi connectivity index (χ1n) is 8.95. The highest BCUT2D eigenvalue weighted by Gasteiger charge is 2.50. The van der Waals surface area contributed by atoms with Gasteiger partial charge in [0.1, 0.15) is 5.82 Å². The van der Waals surface area contributed by atoms with Gasteiger partial charge in [0.2, 0.25) is 0 Å². The molecule has 1 N–H and O–H groups in total. The van der Waals surface area contributed by atoms with E-state index in [4.69, 9.17) is 0 Å². The SMILES string of the molecule is O=C(C[C@@]1(O)C(=O)N(Cc2ccc(F)cc2)c2ccccc21)c1ccccc1. The summed E-state index contributed by atoms with van der Waals surface area (Å²) in [4.78, 5) is 27.3. The Kier molecular flexibility index (Phi) is 4.53. The van der Waals surface area contributed by atoms with Crippen LogP contribution in [0, 0.1) is 5.82 Å². The van der Waals surface area contributed by atoms with Crippen molar-refractivity contribution in [3.05, 3.63) is 101 Å². The zero-order valence-electron chi connectivity index (χ0n) is 15.0. The number of rotatable bonds is 5. The van der Waals surface area contributed by atoms with Gasteiger partial charge in [-0.2, -0.15) is 0 Å². The van der Waals surface area contributed by atoms with Crippen LogP contribution < -0.4 is 4.90 Å². The minimum atomic E-state index is -1.93. The van der Waals surface area contributed by atoms with E-state index in [1.807, 2.05) is 0 Å². The van der Waals surface area contributed by atoms with Gasteiger partial charge < -0.3 is 10.0 Å². The molecule has 28 heavy (non-hydrogen) atoms. The number of hydrogen-bond acceptors (Lipinski definition) is 3. The Bertz CT molecular complexity index is 1030. The van der Waals surface area contributed by atoms with E-state index >= 15 is 0 Å². The van der Waals surface area contributed by atoms with Crippen molar-refractivity contribution in [2.45, 2.75) is 18.6 Å². The first-order valence-corrected chi connectivity index (χ1v) is 8.95. The van der Waals surface area contributed by atoms with Crippen LogP contribution >= 0.6 is 0 Å². The third-order valence-corrected chi connectivity index (χ3v) is 5.01. The van der Waals surface area contributed by atoms with E-state index < -0.39 is 11.5 Å². The molecule has 0 fully saturated rings. The Labute approximate surface area is 161 Å². The molecule has 0 bridgehead atoms. The normalized spacial score (nSPS) is 18.2. The zero-order chi connectivity index (χ0) is 19.7. The summed E-state index contributed by atoms with van der Waals surface area (Å²) in [6, 6.07) is 21.3. The van der Waals surface area contributed by atoms with Gasteiger partial charge in [-0.1, -0.05) is 60.7 Å². The highest BCUT2D eigenvalue weighted by Crippen LogP contribution is 2.43. The Morgan fingerprint density at radius 2 is 1.57 bits per heavy atom. The highest BCUT2D eigenvalue weighted by molar-refractivity contribution is 6.10. The molecule has 3 aromatic carbocycles. The number of Topliss-reactive ketones (excluding diaryl/α,β-unsaturated/α-hetero) is 1. The second-order valence-corrected chi connectivity index (χ2v) is 6.86. The predicted octanol–water partition coefficient (Wildman–Crippen LogP) is 3.83. The van der Waals surface area contributed by atoms with Crippen LogP contribution in [-0.2, 0) is 16.9 Å². The topological polar surface area (TPSA) is 57.6 Å². The second-order valence-electron chi connectivity index (χ2n) is 6.86. The summed E-state index contributed by atoms with van der Waals surface area (Å²) in [6.45, 7) is 0.179. The monoisotopic (exact) mass is 375 g/mol. The molecule has 1 amide bonds. The summed E-state index contributed by atoms with van der Waals surface area (Å²) >= 11 is 0. The fourth-order valence-electron chi connectivity index (χ4n) is 3.57. The lowest BCUT2D eigenvalue weighted by molar-refractivity contribution is -0.136. The Morgan fingerprint density at radius 1 is 0.929 bits per heavy atom. The molecule has 0 aliphatic carbocycles. The molecule has 1 heterocycles. The fourth-order valence-corrected chi connectivity index (χ4v) is 3.57. The van der Waals surface area contributed by atoms with Gasteiger partial charge in [-0.05, 0) is 23.8 Å². The maximum atomic E-state index is 13.2. The third-order valence-electron chi connectivity index (χ3n) is 5.01. The summed E-state index contributed by atoms with van der Waals surface area (Å²) in [5, 5.41) is 11.3. The molecule has 1 aliphatic rings. The molecule has 0 unspecified atom stereocenters. The van der Waals surface area contributed by atoms with E-state index in [0.29, 0.717) is 16.8 Å². The molecule has 0 radical (unpaired) electrons. The number of nitrogens with zero attached hydrogens (tertiary/aromatic N) is 1. The minimum absolute atomic E-state index is 0.179. The van der Waals surface area contributed by atoms with E-state index in [9.17, 15) is 19.1 Å². The molecular formula is C23H18FNO3. The van der Waals surface area contributed by atoms with Gasteiger partial charge >= 0.3 is 0 Å². The smallest absolute Gasteiger partial charge is 0.264 e. The molecular weight excluding hydrogens is 357 g/mol. The van der Waals surface area contributed by atoms with Crippen molar-refractivity contribution in [2.24, 2.45) is 0 Å². The van der Waals surface area contributed by atoms with Crippen molar-refractivity contribution < 1.29 is 19.1 Å². The summed E-state index contributed by atoms with van der Waals surface area (Å²) in [6.07, 6.45) is -0.340. The molecule has 4 rings (SSSR count). The van der Waals surface area contributed by atoms with E-state index in [0.717, 1.165) is 5.56 Å². The van der Waals surface area contributed by atoms with Crippen molar-refractivity contribution in [3.8, 4) is 0 Å². The van der Waals surface area contributed by atoms with Gasteiger partial charge in [0.25, 0.3) is 5.91 Å². The van der Waals surface area contributed by atoms with Crippen LogP contribution in [0.15, 0.2) is 78.9 Å². The number of halogens is 1. The van der Waals surface area contributed by atoms with Crippen molar-refractivity contribution >= 4 is 17.4 Å². The van der Waals surface area contributed by atoms with Gasteiger partial charge in [0.15, 0.2) is 11.4 Å². The number of carbonyl (C=O) groups is 2. The number of amides is 1. The number of benzene rings is 3. The van der Waals surface area contributed by atoms with Crippen LogP contribution in [0.3, 0.4) is 0 Å². The summed E-state index contributed by atoms with van der Waals surface area (Å²) < 4.78 is 13.2. The van der Waals surface area contributed by atoms with Crippen molar-refractivity contribution in [2.75, 3.05) is 4.90 Å². The molecule has 1 aliphatic heterocycles. The Balaban J connectivity index is 1.68. The van der Waals surface area contributed by atoms with Gasteiger partial charge in [-0.15, -0.1) is 0 Å². The first kappa shape index (κ1) is 18.1. The number of fused-ring (bicyclic) bond motifs is 1. The highest BCUT2D eigenvalue weighted by atomic mass is 19.1. The zero-order valence-corrected chi connectivity index (χ0v) is 15.0. The largest absolute Gasteiger partial charge is 0.375 e. The molecule has 0 saturated heterocycles. The molecule has 4 nitrogen and oxygen atoms in total. The molecule has 0 saturated carbocycles. The second kappa shape index (κ2) is 7.02. The van der Waals surface area contributed by atoms with Crippen LogP contribution in [-0.4, -0.2) is 16.8 Å². The number of anilines is 1. The third kappa shape index (κ3) is 3.10. The van der Waals surface area contributed by atoms with Gasteiger partial charge in [0, 0.05) is 11.1 Å². The summed E-state index contributed by atoms with van der Waals surface area (Å²) in [5.74, 6) is -1.22. The van der Waals surface area contributed by atoms with Gasteiger partial charge in [0.05, 0.1) is 18.7 Å². The molecule has 1 atom stereocenters. The van der Waals surface area contributed by atoms with E-state index in [2.05, 4.69) is 0 Å². The van der Waals surface area contributed by atoms with E-state index in [-0.39, 0.29) is 24.6 Å². The Morgan fingerprint density at radius 3 is 2.29 bits per heavy atom. The number of hydrogen-bond donors (Lipinski definition) is 1. The quantitative estimate of drug-likeness (QED) is 0.690. The fraction of sp³-hybridized carbons (Fsp3) is 0.130. The molecule has 140 valence electrons. The maximum Gasteiger partial charge on any atom is 0.264 e. The van der Waals surface area contributed by atoms with Crippen LogP contribution in [0.2, 0.25) is 0 Å². The molecule has 0 spiro atoms. The number of carbonyl (C=O) groups excluding carboxylic acids is 2. The van der Waals surface area contributed by atoms with E-state index in [1.165, 1.54) is 17.0 Å². The lowest BCUT2D eigenvalue weighted by Gasteiger charge is -2.23. The van der Waals surface area contributed by atoms with Gasteiger partial charge in [-0.3, -0.25) is 9.59 Å². The maximum absolute atomic E-state index is 13.2. The number of aliphatic hydroxyl groups is 1. The lowest BCUT2D eigenvalue weighted by Crippen LogP contribution is -2.41. The number of ketones is 1. The summed E-state index contributed by atoms with van der Waals surface area (Å²) in [7, 11) is 0. The van der Waals surface area contributed by atoms with Crippen molar-refractivity contribution in [1.29, 1.82) is 0 Å². The molecule has 5 heteroatoms. The van der Waals surface area contributed by atoms with Crippen LogP contribution in [0.4, 0.5) is 10.1 Å². The minimum Gasteiger partial charge on any atom is -0.375 e. The average molecular weight is 375 g/mol. The lowest BCUT2D eigenvalue weighted by atomic mass is 9.88. The summed E-state index contributed by atoms with van der Waals surface area (Å²) in [5.41, 5.74) is 0.205. The van der Waals surface area contributed by atoms with E-state index in [1.54, 1.807) is 66.7 Å². The van der Waals surface area contributed by atoms with Crippen LogP contribution in [0.25, 0.3) is 0 Å². The molecule has 0 aromatic heterocycles. The van der Waals surface area contributed by atoms with Crippen molar-refractivity contribution in [3.63, 3.8) is 0 Å². The average Bonchev–Trinajstić information content (AvgIpc) is 2.92. The number of para-hydroxylation sites is 1. The van der Waals surface area contributed by atoms with Crippen molar-refractivity contribution in [1.82, 2.24) is 0 Å². The Hall–Kier alpha value is -3.31. The predicted molar refractivity (Wildman–Crippen MR) is 103 cm³/mol. The standard InChI is InChI=1S/C23H18FNO3/c24-18-12-10-16(11-13-18)15-25-20-9-5-4-8-19(20)23(28,22(25)27)14-21(26)17-6-2-1-3-7-17/h1-13,28H,14-15H2/t23-/m0/s1. The van der Waals surface area contributed by atoms with Gasteiger partial charge in [-0.25, -0.2) is 4.39 Å². The van der Waals surface area contributed by atoms with Crippen LogP contribution in [0.5, 0.6) is 0 Å². The van der Waals surface area contributed by atoms with Crippen LogP contribution in [0.1, 0.15) is 27.9 Å².